The van der Waals surface area contributed by atoms with Gasteiger partial charge in [-0.15, -0.1) is 0 Å². The van der Waals surface area contributed by atoms with Gasteiger partial charge < -0.3 is 5.11 Å². The van der Waals surface area contributed by atoms with Gasteiger partial charge in [-0.1, -0.05) is 0 Å². The SMILES string of the molecule is O=S1(=O)CC2CCC(O)CC2CS1. The maximum Gasteiger partial charge on any atom is 0.201 e. The summed E-state index contributed by atoms with van der Waals surface area (Å²) in [5, 5.41) is 9.42. The lowest BCUT2D eigenvalue weighted by Gasteiger charge is -2.36. The molecule has 1 saturated heterocycles. The van der Waals surface area contributed by atoms with Crippen LogP contribution >= 0.6 is 10.8 Å². The predicted molar refractivity (Wildman–Crippen MR) is 53.1 cm³/mol. The summed E-state index contributed by atoms with van der Waals surface area (Å²) in [5.41, 5.74) is 0. The van der Waals surface area contributed by atoms with Crippen LogP contribution in [0.5, 0.6) is 0 Å². The lowest BCUT2D eigenvalue weighted by atomic mass is 9.80. The molecule has 1 N–H and O–H groups in total. The van der Waals surface area contributed by atoms with Crippen LogP contribution in [0.1, 0.15) is 19.3 Å². The van der Waals surface area contributed by atoms with E-state index in [4.69, 9.17) is 0 Å². The van der Waals surface area contributed by atoms with Crippen molar-refractivity contribution < 1.29 is 13.5 Å². The van der Waals surface area contributed by atoms with Crippen LogP contribution in [0.4, 0.5) is 0 Å². The second kappa shape index (κ2) is 3.44. The van der Waals surface area contributed by atoms with Crippen molar-refractivity contribution in [3.8, 4) is 0 Å². The maximum absolute atomic E-state index is 11.3. The summed E-state index contributed by atoms with van der Waals surface area (Å²) in [6, 6.07) is 0. The molecule has 3 nitrogen and oxygen atoms in total. The van der Waals surface area contributed by atoms with Crippen molar-refractivity contribution in [1.29, 1.82) is 0 Å². The highest BCUT2D eigenvalue weighted by Gasteiger charge is 2.37. The molecule has 1 aliphatic carbocycles. The van der Waals surface area contributed by atoms with Gasteiger partial charge >= 0.3 is 0 Å². The first-order valence-electron chi connectivity index (χ1n) is 4.62. The number of fused-ring (bicyclic) bond motifs is 1. The minimum Gasteiger partial charge on any atom is -0.393 e. The Kier molecular flexibility index (Phi) is 2.59. The standard InChI is InChI=1S/C8H14O3S2/c9-8-2-1-6-5-13(10,11)12-4-7(6)3-8/h6-9H,1-5H2. The van der Waals surface area contributed by atoms with E-state index in [0.717, 1.165) is 30.1 Å². The number of aliphatic hydroxyl groups is 1. The molecule has 1 heterocycles. The first-order valence-corrected chi connectivity index (χ1v) is 7.77. The van der Waals surface area contributed by atoms with Crippen LogP contribution in [0.2, 0.25) is 0 Å². The number of aliphatic hydroxyl groups excluding tert-OH is 1. The van der Waals surface area contributed by atoms with E-state index in [1.165, 1.54) is 0 Å². The minimum absolute atomic E-state index is 0.192. The van der Waals surface area contributed by atoms with Crippen LogP contribution in [0.25, 0.3) is 0 Å². The number of hydrogen-bond acceptors (Lipinski definition) is 4. The lowest BCUT2D eigenvalue weighted by Crippen LogP contribution is -2.36. The van der Waals surface area contributed by atoms with Crippen molar-refractivity contribution in [3.63, 3.8) is 0 Å². The Morgan fingerprint density at radius 2 is 2.00 bits per heavy atom. The van der Waals surface area contributed by atoms with Crippen LogP contribution in [0, 0.1) is 11.8 Å². The average molecular weight is 222 g/mol. The molecule has 0 spiro atoms. The Morgan fingerprint density at radius 1 is 1.23 bits per heavy atom. The fourth-order valence-electron chi connectivity index (χ4n) is 2.23. The van der Waals surface area contributed by atoms with Gasteiger partial charge in [-0.05, 0) is 41.9 Å². The van der Waals surface area contributed by atoms with Crippen LogP contribution in [-0.4, -0.2) is 31.1 Å². The first-order chi connectivity index (χ1) is 6.07. The van der Waals surface area contributed by atoms with Gasteiger partial charge in [-0.3, -0.25) is 0 Å². The van der Waals surface area contributed by atoms with E-state index in [1.54, 1.807) is 0 Å². The van der Waals surface area contributed by atoms with Crippen LogP contribution in [0.15, 0.2) is 0 Å². The Bertz CT molecular complexity index is 286. The van der Waals surface area contributed by atoms with Gasteiger partial charge in [-0.25, -0.2) is 8.42 Å². The zero-order chi connectivity index (χ0) is 9.47. The van der Waals surface area contributed by atoms with Crippen molar-refractivity contribution in [2.24, 2.45) is 11.8 Å². The molecule has 5 heteroatoms. The molecule has 3 unspecified atom stereocenters. The molecular formula is C8H14O3S2. The third kappa shape index (κ3) is 2.19. The fourth-order valence-corrected chi connectivity index (χ4v) is 6.04. The largest absolute Gasteiger partial charge is 0.393 e. The molecule has 0 bridgehead atoms. The van der Waals surface area contributed by atoms with E-state index in [9.17, 15) is 13.5 Å². The molecule has 1 saturated carbocycles. The Hall–Kier alpha value is 0.260. The average Bonchev–Trinajstić information content (AvgIpc) is 2.05. The molecule has 76 valence electrons. The fraction of sp³-hybridized carbons (Fsp3) is 1.00. The highest BCUT2D eigenvalue weighted by atomic mass is 33.1. The van der Waals surface area contributed by atoms with Crippen LogP contribution in [-0.2, 0) is 8.87 Å². The molecular weight excluding hydrogens is 208 g/mol. The van der Waals surface area contributed by atoms with Gasteiger partial charge in [0.2, 0.25) is 8.87 Å². The molecule has 0 aromatic heterocycles. The molecule has 2 fully saturated rings. The summed E-state index contributed by atoms with van der Waals surface area (Å²) in [4.78, 5) is 0. The summed E-state index contributed by atoms with van der Waals surface area (Å²) in [6.07, 6.45) is 2.27. The zero-order valence-electron chi connectivity index (χ0n) is 7.35. The van der Waals surface area contributed by atoms with E-state index < -0.39 is 8.87 Å². The van der Waals surface area contributed by atoms with Crippen LogP contribution < -0.4 is 0 Å². The predicted octanol–water partition coefficient (Wildman–Crippen LogP) is 0.840. The molecule has 13 heavy (non-hydrogen) atoms. The number of rotatable bonds is 0. The molecule has 0 amide bonds. The van der Waals surface area contributed by atoms with E-state index in [2.05, 4.69) is 0 Å². The second-order valence-electron chi connectivity index (χ2n) is 4.00. The van der Waals surface area contributed by atoms with E-state index >= 15 is 0 Å². The maximum atomic E-state index is 11.3. The monoisotopic (exact) mass is 222 g/mol. The zero-order valence-corrected chi connectivity index (χ0v) is 8.98. The summed E-state index contributed by atoms with van der Waals surface area (Å²) >= 11 is 0. The van der Waals surface area contributed by atoms with Crippen molar-refractivity contribution in [2.45, 2.75) is 25.4 Å². The topological polar surface area (TPSA) is 54.4 Å². The van der Waals surface area contributed by atoms with Gasteiger partial charge in [0.05, 0.1) is 11.9 Å². The first kappa shape index (κ1) is 9.80. The van der Waals surface area contributed by atoms with E-state index in [1.807, 2.05) is 0 Å². The van der Waals surface area contributed by atoms with E-state index in [0.29, 0.717) is 23.3 Å². The molecule has 2 rings (SSSR count). The highest BCUT2D eigenvalue weighted by molar-refractivity contribution is 8.72. The van der Waals surface area contributed by atoms with Crippen molar-refractivity contribution in [1.82, 2.24) is 0 Å². The Morgan fingerprint density at radius 3 is 2.77 bits per heavy atom. The summed E-state index contributed by atoms with van der Waals surface area (Å²) in [7, 11) is -1.77. The molecule has 0 aromatic rings. The van der Waals surface area contributed by atoms with Crippen molar-refractivity contribution in [3.05, 3.63) is 0 Å². The van der Waals surface area contributed by atoms with Gasteiger partial charge in [-0.2, -0.15) is 0 Å². The van der Waals surface area contributed by atoms with Crippen LogP contribution in [0.3, 0.4) is 0 Å². The summed E-state index contributed by atoms with van der Waals surface area (Å²) < 4.78 is 22.6. The normalized spacial score (nSPS) is 43.9. The summed E-state index contributed by atoms with van der Waals surface area (Å²) in [5.74, 6) is 1.76. The third-order valence-corrected chi connectivity index (χ3v) is 6.65. The molecule has 0 aromatic carbocycles. The quantitative estimate of drug-likeness (QED) is 0.617. The Balaban J connectivity index is 2.06. The molecule has 2 aliphatic rings. The smallest absolute Gasteiger partial charge is 0.201 e. The van der Waals surface area contributed by atoms with Crippen molar-refractivity contribution in [2.75, 3.05) is 11.5 Å². The molecule has 1 aliphatic heterocycles. The van der Waals surface area contributed by atoms with Gasteiger partial charge in [0.1, 0.15) is 0 Å². The van der Waals surface area contributed by atoms with Crippen molar-refractivity contribution >= 4 is 19.7 Å². The van der Waals surface area contributed by atoms with Gasteiger partial charge in [0.25, 0.3) is 0 Å². The van der Waals surface area contributed by atoms with Gasteiger partial charge in [0.15, 0.2) is 0 Å². The summed E-state index contributed by atoms with van der Waals surface area (Å²) in [6.45, 7) is 0. The van der Waals surface area contributed by atoms with E-state index in [-0.39, 0.29) is 6.10 Å². The molecule has 3 atom stereocenters. The minimum atomic E-state index is -2.84. The molecule has 0 radical (unpaired) electrons. The number of hydrogen-bond donors (Lipinski definition) is 1. The van der Waals surface area contributed by atoms with Gasteiger partial charge in [0, 0.05) is 5.75 Å². The highest BCUT2D eigenvalue weighted by Crippen LogP contribution is 2.40. The lowest BCUT2D eigenvalue weighted by molar-refractivity contribution is 0.0826. The second-order valence-corrected chi connectivity index (χ2v) is 8.24. The third-order valence-electron chi connectivity index (χ3n) is 2.99. The Labute approximate surface area is 82.2 Å².